The molecule has 0 saturated carbocycles. The van der Waals surface area contributed by atoms with Crippen LogP contribution in [-0.2, 0) is 12.4 Å². The number of pyridine rings is 1. The van der Waals surface area contributed by atoms with Crippen molar-refractivity contribution in [2.45, 2.75) is 12.4 Å². The molecule has 0 aliphatic carbocycles. The highest BCUT2D eigenvalue weighted by atomic mass is 35.5. The highest BCUT2D eigenvalue weighted by Gasteiger charge is 2.15. The van der Waals surface area contributed by atoms with Gasteiger partial charge in [-0.25, -0.2) is 9.37 Å². The first-order valence-electron chi connectivity index (χ1n) is 6.66. The van der Waals surface area contributed by atoms with Crippen LogP contribution in [0, 0.1) is 5.82 Å². The fourth-order valence-electron chi connectivity index (χ4n) is 2.45. The summed E-state index contributed by atoms with van der Waals surface area (Å²) in [6.45, 7) is 0.575. The average Bonchev–Trinajstić information content (AvgIpc) is 2.86. The molecule has 0 saturated heterocycles. The summed E-state index contributed by atoms with van der Waals surface area (Å²) in [5, 5.41) is 0. The Morgan fingerprint density at radius 3 is 2.86 bits per heavy atom. The van der Waals surface area contributed by atoms with Crippen molar-refractivity contribution in [2.75, 3.05) is 11.9 Å². The highest BCUT2D eigenvalue weighted by Crippen LogP contribution is 2.24. The van der Waals surface area contributed by atoms with E-state index in [0.717, 1.165) is 22.7 Å². The molecule has 3 aromatic rings. The zero-order valence-corrected chi connectivity index (χ0v) is 12.4. The molecule has 1 aromatic carbocycles. The molecule has 5 heteroatoms. The Kier molecular flexibility index (Phi) is 3.80. The van der Waals surface area contributed by atoms with E-state index in [1.807, 2.05) is 46.8 Å². The van der Waals surface area contributed by atoms with Gasteiger partial charge < -0.3 is 9.30 Å². The average molecular weight is 304 g/mol. The van der Waals surface area contributed by atoms with E-state index in [9.17, 15) is 4.39 Å². The second-order valence-corrected chi connectivity index (χ2v) is 5.20. The van der Waals surface area contributed by atoms with Crippen molar-refractivity contribution in [3.8, 4) is 0 Å². The van der Waals surface area contributed by atoms with Crippen LogP contribution in [0.2, 0.25) is 0 Å². The minimum absolute atomic E-state index is 0.228. The van der Waals surface area contributed by atoms with Gasteiger partial charge in [0.25, 0.3) is 0 Å². The maximum Gasteiger partial charge on any atom is 0.152 e. The highest BCUT2D eigenvalue weighted by molar-refractivity contribution is 6.17. The van der Waals surface area contributed by atoms with Crippen molar-refractivity contribution in [3.05, 3.63) is 65.7 Å². The van der Waals surface area contributed by atoms with Gasteiger partial charge in [-0.05, 0) is 29.8 Å². The monoisotopic (exact) mass is 303 g/mol. The van der Waals surface area contributed by atoms with Crippen molar-refractivity contribution < 1.29 is 4.39 Å². The number of fused-ring (bicyclic) bond motifs is 1. The van der Waals surface area contributed by atoms with Crippen LogP contribution in [0.5, 0.6) is 0 Å². The molecule has 2 heterocycles. The van der Waals surface area contributed by atoms with Gasteiger partial charge in [-0.2, -0.15) is 0 Å². The third-order valence-electron chi connectivity index (χ3n) is 3.40. The molecule has 0 atom stereocenters. The Hall–Kier alpha value is -2.07. The number of alkyl halides is 1. The van der Waals surface area contributed by atoms with Crippen LogP contribution in [0.3, 0.4) is 0 Å². The van der Waals surface area contributed by atoms with Crippen LogP contribution in [-0.4, -0.2) is 16.4 Å². The molecular weight excluding hydrogens is 289 g/mol. The predicted molar refractivity (Wildman–Crippen MR) is 83.3 cm³/mol. The van der Waals surface area contributed by atoms with Crippen LogP contribution in [0.15, 0.2) is 48.7 Å². The number of anilines is 1. The first-order valence-corrected chi connectivity index (χ1v) is 7.20. The Labute approximate surface area is 127 Å². The van der Waals surface area contributed by atoms with Gasteiger partial charge in [0.2, 0.25) is 0 Å². The molecule has 21 heavy (non-hydrogen) atoms. The molecule has 3 nitrogen and oxygen atoms in total. The lowest BCUT2D eigenvalue weighted by molar-refractivity contribution is 0.625. The lowest BCUT2D eigenvalue weighted by Gasteiger charge is -2.18. The van der Waals surface area contributed by atoms with E-state index in [0.29, 0.717) is 12.4 Å². The lowest BCUT2D eigenvalue weighted by Crippen LogP contribution is -2.18. The third-order valence-corrected chi connectivity index (χ3v) is 3.66. The Morgan fingerprint density at radius 2 is 2.10 bits per heavy atom. The van der Waals surface area contributed by atoms with E-state index in [2.05, 4.69) is 4.98 Å². The van der Waals surface area contributed by atoms with Crippen molar-refractivity contribution >= 4 is 23.1 Å². The van der Waals surface area contributed by atoms with Gasteiger partial charge in [0, 0.05) is 19.8 Å². The minimum atomic E-state index is -0.228. The van der Waals surface area contributed by atoms with Crippen LogP contribution in [0.25, 0.3) is 5.65 Å². The van der Waals surface area contributed by atoms with Gasteiger partial charge in [-0.3, -0.25) is 0 Å². The van der Waals surface area contributed by atoms with E-state index < -0.39 is 0 Å². The molecule has 108 valence electrons. The van der Waals surface area contributed by atoms with Gasteiger partial charge in [-0.15, -0.1) is 11.6 Å². The zero-order valence-electron chi connectivity index (χ0n) is 11.6. The number of halogens is 2. The fourth-order valence-corrected chi connectivity index (χ4v) is 2.70. The normalized spacial score (nSPS) is 11.0. The molecule has 2 aromatic heterocycles. The fraction of sp³-hybridized carbons (Fsp3) is 0.188. The first-order chi connectivity index (χ1) is 10.2. The maximum atomic E-state index is 13.3. The standard InChI is InChI=1S/C16H15ClFN3/c1-20(11-12-5-4-6-13(18)9-12)16-14(10-17)21-8-3-2-7-15(21)19-16/h2-9H,10-11H2,1H3. The van der Waals surface area contributed by atoms with Gasteiger partial charge in [0.15, 0.2) is 5.82 Å². The van der Waals surface area contributed by atoms with Gasteiger partial charge in [0.05, 0.1) is 11.6 Å². The van der Waals surface area contributed by atoms with Crippen LogP contribution in [0.1, 0.15) is 11.3 Å². The number of rotatable bonds is 4. The molecular formula is C16H15ClFN3. The summed E-state index contributed by atoms with van der Waals surface area (Å²) in [5.74, 6) is 0.961. The summed E-state index contributed by atoms with van der Waals surface area (Å²) in [6.07, 6.45) is 1.94. The molecule has 0 aliphatic rings. The van der Waals surface area contributed by atoms with E-state index in [1.165, 1.54) is 12.1 Å². The Morgan fingerprint density at radius 1 is 1.24 bits per heavy atom. The zero-order chi connectivity index (χ0) is 14.8. The Balaban J connectivity index is 1.95. The molecule has 0 aliphatic heterocycles. The number of imidazole rings is 1. The first kappa shape index (κ1) is 13.9. The summed E-state index contributed by atoms with van der Waals surface area (Å²) >= 11 is 6.08. The van der Waals surface area contributed by atoms with Crippen molar-refractivity contribution in [3.63, 3.8) is 0 Å². The second kappa shape index (κ2) is 5.74. The number of nitrogens with zero attached hydrogens (tertiary/aromatic N) is 3. The molecule has 0 bridgehead atoms. The number of aromatic nitrogens is 2. The maximum absolute atomic E-state index is 13.3. The molecule has 0 fully saturated rings. The van der Waals surface area contributed by atoms with Gasteiger partial charge in [0.1, 0.15) is 11.5 Å². The smallest absolute Gasteiger partial charge is 0.152 e. The summed E-state index contributed by atoms with van der Waals surface area (Å²) in [7, 11) is 1.93. The molecule has 0 spiro atoms. The Bertz CT molecular complexity index is 769. The predicted octanol–water partition coefficient (Wildman–Crippen LogP) is 3.85. The van der Waals surface area contributed by atoms with E-state index >= 15 is 0 Å². The molecule has 0 amide bonds. The molecule has 0 unspecified atom stereocenters. The largest absolute Gasteiger partial charge is 0.354 e. The lowest BCUT2D eigenvalue weighted by atomic mass is 10.2. The molecule has 0 radical (unpaired) electrons. The quantitative estimate of drug-likeness (QED) is 0.683. The topological polar surface area (TPSA) is 20.5 Å². The summed E-state index contributed by atoms with van der Waals surface area (Å²) in [6, 6.07) is 12.4. The van der Waals surface area contributed by atoms with Gasteiger partial charge in [-0.1, -0.05) is 18.2 Å². The summed E-state index contributed by atoms with van der Waals surface area (Å²) in [5.41, 5.74) is 2.69. The second-order valence-electron chi connectivity index (χ2n) is 4.93. The van der Waals surface area contributed by atoms with E-state index in [-0.39, 0.29) is 5.82 Å². The van der Waals surface area contributed by atoms with E-state index in [4.69, 9.17) is 11.6 Å². The van der Waals surface area contributed by atoms with Crippen molar-refractivity contribution in [2.24, 2.45) is 0 Å². The van der Waals surface area contributed by atoms with Crippen molar-refractivity contribution in [1.29, 1.82) is 0 Å². The minimum Gasteiger partial charge on any atom is -0.354 e. The number of hydrogen-bond donors (Lipinski definition) is 0. The van der Waals surface area contributed by atoms with E-state index in [1.54, 1.807) is 6.07 Å². The number of benzene rings is 1. The van der Waals surface area contributed by atoms with Gasteiger partial charge >= 0.3 is 0 Å². The molecule has 0 N–H and O–H groups in total. The summed E-state index contributed by atoms with van der Waals surface area (Å²) in [4.78, 5) is 6.60. The summed E-state index contributed by atoms with van der Waals surface area (Å²) < 4.78 is 15.3. The SMILES string of the molecule is CN(Cc1cccc(F)c1)c1nc2ccccn2c1CCl. The van der Waals surface area contributed by atoms with Crippen LogP contribution < -0.4 is 4.90 Å². The van der Waals surface area contributed by atoms with Crippen LogP contribution >= 0.6 is 11.6 Å². The number of hydrogen-bond acceptors (Lipinski definition) is 2. The third kappa shape index (κ3) is 2.72. The van der Waals surface area contributed by atoms with Crippen molar-refractivity contribution in [1.82, 2.24) is 9.38 Å². The molecule has 3 rings (SSSR count). The van der Waals surface area contributed by atoms with Crippen LogP contribution in [0.4, 0.5) is 10.2 Å².